The highest BCUT2D eigenvalue weighted by Crippen LogP contribution is 2.22. The van der Waals surface area contributed by atoms with E-state index in [1.54, 1.807) is 11.8 Å². The van der Waals surface area contributed by atoms with Gasteiger partial charge in [0.05, 0.1) is 12.6 Å². The smallest absolute Gasteiger partial charge is 0.238 e. The van der Waals surface area contributed by atoms with Crippen LogP contribution in [0.5, 0.6) is 5.75 Å². The largest absolute Gasteiger partial charge is 0.493 e. The zero-order chi connectivity index (χ0) is 14.4. The molecule has 4 nitrogen and oxygen atoms in total. The number of carbonyl (C=O) groups excluding carboxylic acids is 1. The summed E-state index contributed by atoms with van der Waals surface area (Å²) in [6, 6.07) is 6.10. The highest BCUT2D eigenvalue weighted by Gasteiger charge is 2.21. The standard InChI is InChI=1S/C15H22N2O2S/c1-11-5-3-6-12(2)14(11)19-8-4-7-16-15(18)13-9-20-10-17-13/h3,5-6,13,17H,4,7-10H2,1-2H3,(H,16,18)/t13-/m0/s1. The predicted octanol–water partition coefficient (Wildman–Crippen LogP) is 1.85. The summed E-state index contributed by atoms with van der Waals surface area (Å²) in [4.78, 5) is 11.8. The van der Waals surface area contributed by atoms with Crippen LogP contribution in [-0.2, 0) is 4.79 Å². The van der Waals surface area contributed by atoms with Crippen molar-refractivity contribution in [2.75, 3.05) is 24.8 Å². The molecule has 0 unspecified atom stereocenters. The molecule has 0 saturated carbocycles. The first-order chi connectivity index (χ1) is 9.68. The summed E-state index contributed by atoms with van der Waals surface area (Å²) < 4.78 is 5.80. The molecule has 20 heavy (non-hydrogen) atoms. The van der Waals surface area contributed by atoms with Gasteiger partial charge in [-0.1, -0.05) is 18.2 Å². The topological polar surface area (TPSA) is 50.4 Å². The van der Waals surface area contributed by atoms with Gasteiger partial charge in [-0.25, -0.2) is 0 Å². The van der Waals surface area contributed by atoms with Gasteiger partial charge in [0, 0.05) is 18.2 Å². The Kier molecular flexibility index (Phi) is 5.73. The average molecular weight is 294 g/mol. The van der Waals surface area contributed by atoms with Crippen molar-refractivity contribution < 1.29 is 9.53 Å². The van der Waals surface area contributed by atoms with Crippen molar-refractivity contribution >= 4 is 17.7 Å². The lowest BCUT2D eigenvalue weighted by atomic mass is 10.1. The highest BCUT2D eigenvalue weighted by atomic mass is 32.2. The molecule has 1 aliphatic rings. The van der Waals surface area contributed by atoms with E-state index in [9.17, 15) is 4.79 Å². The third-order valence-corrected chi connectivity index (χ3v) is 4.25. The first-order valence-corrected chi connectivity index (χ1v) is 8.12. The summed E-state index contributed by atoms with van der Waals surface area (Å²) in [5, 5.41) is 6.10. The first kappa shape index (κ1) is 15.2. The fourth-order valence-electron chi connectivity index (χ4n) is 2.17. The van der Waals surface area contributed by atoms with E-state index in [1.165, 1.54) is 0 Å². The summed E-state index contributed by atoms with van der Waals surface area (Å²) >= 11 is 1.76. The molecular formula is C15H22N2O2S. The molecular weight excluding hydrogens is 272 g/mol. The Bertz CT molecular complexity index is 439. The van der Waals surface area contributed by atoms with Crippen LogP contribution in [0.25, 0.3) is 0 Å². The van der Waals surface area contributed by atoms with E-state index >= 15 is 0 Å². The summed E-state index contributed by atoms with van der Waals surface area (Å²) in [6.07, 6.45) is 0.819. The van der Waals surface area contributed by atoms with Crippen LogP contribution in [0, 0.1) is 13.8 Å². The van der Waals surface area contributed by atoms with Crippen LogP contribution < -0.4 is 15.4 Å². The van der Waals surface area contributed by atoms with E-state index in [1.807, 2.05) is 32.0 Å². The maximum Gasteiger partial charge on any atom is 0.238 e. The molecule has 0 aliphatic carbocycles. The zero-order valence-corrected chi connectivity index (χ0v) is 12.9. The molecule has 1 heterocycles. The number of hydrogen-bond acceptors (Lipinski definition) is 4. The van der Waals surface area contributed by atoms with Crippen LogP contribution in [-0.4, -0.2) is 36.7 Å². The normalized spacial score (nSPS) is 18.0. The molecule has 5 heteroatoms. The third-order valence-electron chi connectivity index (χ3n) is 3.31. The zero-order valence-electron chi connectivity index (χ0n) is 12.1. The number of amides is 1. The molecule has 1 saturated heterocycles. The van der Waals surface area contributed by atoms with Crippen LogP contribution in [0.4, 0.5) is 0 Å². The third kappa shape index (κ3) is 4.15. The van der Waals surface area contributed by atoms with E-state index in [-0.39, 0.29) is 11.9 Å². The predicted molar refractivity (Wildman–Crippen MR) is 83.3 cm³/mol. The van der Waals surface area contributed by atoms with Gasteiger partial charge in [-0.05, 0) is 31.4 Å². The van der Waals surface area contributed by atoms with Crippen molar-refractivity contribution in [2.45, 2.75) is 26.3 Å². The minimum atomic E-state index is -0.0282. The Morgan fingerprint density at radius 3 is 2.85 bits per heavy atom. The van der Waals surface area contributed by atoms with Crippen molar-refractivity contribution in [2.24, 2.45) is 0 Å². The SMILES string of the molecule is Cc1cccc(C)c1OCCCNC(=O)[C@@H]1CSCN1. The molecule has 1 fully saturated rings. The molecule has 0 spiro atoms. The molecule has 0 radical (unpaired) electrons. The van der Waals surface area contributed by atoms with Crippen LogP contribution in [0.2, 0.25) is 0 Å². The van der Waals surface area contributed by atoms with E-state index in [0.29, 0.717) is 13.2 Å². The van der Waals surface area contributed by atoms with E-state index < -0.39 is 0 Å². The molecule has 0 aromatic heterocycles. The van der Waals surface area contributed by atoms with Gasteiger partial charge in [-0.15, -0.1) is 11.8 Å². The maximum atomic E-state index is 11.8. The van der Waals surface area contributed by atoms with Crippen molar-refractivity contribution in [3.63, 3.8) is 0 Å². The van der Waals surface area contributed by atoms with E-state index in [0.717, 1.165) is 34.9 Å². The molecule has 2 rings (SSSR count). The van der Waals surface area contributed by atoms with Gasteiger partial charge < -0.3 is 10.1 Å². The molecule has 1 aromatic carbocycles. The van der Waals surface area contributed by atoms with Crippen LogP contribution in [0.3, 0.4) is 0 Å². The van der Waals surface area contributed by atoms with E-state index in [2.05, 4.69) is 10.6 Å². The fourth-order valence-corrected chi connectivity index (χ4v) is 3.11. The number of ether oxygens (including phenoxy) is 1. The second kappa shape index (κ2) is 7.55. The molecule has 1 atom stereocenters. The first-order valence-electron chi connectivity index (χ1n) is 6.96. The molecule has 0 bridgehead atoms. The lowest BCUT2D eigenvalue weighted by Crippen LogP contribution is -2.42. The summed E-state index contributed by atoms with van der Waals surface area (Å²) in [5.41, 5.74) is 2.31. The molecule has 2 N–H and O–H groups in total. The lowest BCUT2D eigenvalue weighted by molar-refractivity contribution is -0.122. The van der Waals surface area contributed by atoms with Gasteiger partial charge in [-0.2, -0.15) is 0 Å². The van der Waals surface area contributed by atoms with Gasteiger partial charge in [0.2, 0.25) is 5.91 Å². The Balaban J connectivity index is 1.65. The Morgan fingerprint density at radius 1 is 1.45 bits per heavy atom. The number of rotatable bonds is 6. The summed E-state index contributed by atoms with van der Waals surface area (Å²) in [6.45, 7) is 5.38. The average Bonchev–Trinajstić information content (AvgIpc) is 2.95. The van der Waals surface area contributed by atoms with Crippen molar-refractivity contribution in [1.82, 2.24) is 10.6 Å². The summed E-state index contributed by atoms with van der Waals surface area (Å²) in [5.74, 6) is 2.80. The monoisotopic (exact) mass is 294 g/mol. The van der Waals surface area contributed by atoms with Crippen LogP contribution >= 0.6 is 11.8 Å². The molecule has 1 amide bonds. The molecule has 1 aromatic rings. The number of aryl methyl sites for hydroxylation is 2. The van der Waals surface area contributed by atoms with Crippen LogP contribution in [0.1, 0.15) is 17.5 Å². The van der Waals surface area contributed by atoms with Gasteiger partial charge >= 0.3 is 0 Å². The van der Waals surface area contributed by atoms with E-state index in [4.69, 9.17) is 4.74 Å². The Labute approximate surface area is 124 Å². The Hall–Kier alpha value is -1.20. The highest BCUT2D eigenvalue weighted by molar-refractivity contribution is 7.99. The number of carbonyl (C=O) groups is 1. The van der Waals surface area contributed by atoms with Crippen molar-refractivity contribution in [3.05, 3.63) is 29.3 Å². The second-order valence-corrected chi connectivity index (χ2v) is 6.02. The minimum Gasteiger partial charge on any atom is -0.493 e. The second-order valence-electron chi connectivity index (χ2n) is 4.99. The maximum absolute atomic E-state index is 11.8. The fraction of sp³-hybridized carbons (Fsp3) is 0.533. The van der Waals surface area contributed by atoms with Gasteiger partial charge in [0.25, 0.3) is 0 Å². The van der Waals surface area contributed by atoms with Gasteiger partial charge in [0.15, 0.2) is 0 Å². The van der Waals surface area contributed by atoms with Crippen molar-refractivity contribution in [1.29, 1.82) is 0 Å². The van der Waals surface area contributed by atoms with Crippen LogP contribution in [0.15, 0.2) is 18.2 Å². The molecule has 1 aliphatic heterocycles. The minimum absolute atomic E-state index is 0.0282. The molecule has 110 valence electrons. The Morgan fingerprint density at radius 2 is 2.20 bits per heavy atom. The summed E-state index contributed by atoms with van der Waals surface area (Å²) in [7, 11) is 0. The number of nitrogens with one attached hydrogen (secondary N) is 2. The van der Waals surface area contributed by atoms with Gasteiger partial charge in [0.1, 0.15) is 5.75 Å². The number of benzene rings is 1. The number of thioether (sulfide) groups is 1. The quantitative estimate of drug-likeness (QED) is 0.786. The van der Waals surface area contributed by atoms with Crippen molar-refractivity contribution in [3.8, 4) is 5.75 Å². The number of hydrogen-bond donors (Lipinski definition) is 2. The number of para-hydroxylation sites is 1. The van der Waals surface area contributed by atoms with Gasteiger partial charge in [-0.3, -0.25) is 10.1 Å². The lowest BCUT2D eigenvalue weighted by Gasteiger charge is -2.13.